The van der Waals surface area contributed by atoms with E-state index in [4.69, 9.17) is 5.73 Å². The molecule has 0 amide bonds. The minimum absolute atomic E-state index is 0.0344. The van der Waals surface area contributed by atoms with Crippen LogP contribution in [0.4, 0.5) is 5.82 Å². The number of hydrogen-bond acceptors (Lipinski definition) is 4. The van der Waals surface area contributed by atoms with E-state index in [1.807, 2.05) is 6.92 Å². The summed E-state index contributed by atoms with van der Waals surface area (Å²) >= 11 is 0. The lowest BCUT2D eigenvalue weighted by Crippen LogP contribution is -2.34. The molecule has 1 atom stereocenters. The molecular weight excluding hydrogens is 216 g/mol. The van der Waals surface area contributed by atoms with E-state index in [0.29, 0.717) is 5.82 Å². The number of piperidine rings is 1. The van der Waals surface area contributed by atoms with Gasteiger partial charge in [-0.1, -0.05) is 0 Å². The van der Waals surface area contributed by atoms with Crippen LogP contribution in [0.1, 0.15) is 38.1 Å². The van der Waals surface area contributed by atoms with Crippen molar-refractivity contribution in [1.29, 1.82) is 0 Å². The van der Waals surface area contributed by atoms with E-state index < -0.39 is 0 Å². The topological polar surface area (TPSA) is 64.2 Å². The fourth-order valence-corrected chi connectivity index (χ4v) is 2.24. The lowest BCUT2D eigenvalue weighted by atomic mass is 10.1. The molecule has 1 fully saturated rings. The third-order valence-corrected chi connectivity index (χ3v) is 3.24. The Hall–Kier alpha value is -1.36. The smallest absolute Gasteiger partial charge is 0.255 e. The summed E-state index contributed by atoms with van der Waals surface area (Å²) < 4.78 is 1.53. The van der Waals surface area contributed by atoms with Crippen molar-refractivity contribution in [2.75, 3.05) is 18.0 Å². The van der Waals surface area contributed by atoms with Crippen molar-refractivity contribution in [1.82, 2.24) is 9.55 Å². The lowest BCUT2D eigenvalue weighted by molar-refractivity contribution is 0.565. The molecular formula is C12H20N4O. The highest BCUT2D eigenvalue weighted by Crippen LogP contribution is 2.17. The summed E-state index contributed by atoms with van der Waals surface area (Å²) in [4.78, 5) is 18.5. The van der Waals surface area contributed by atoms with Gasteiger partial charge >= 0.3 is 0 Å². The minimum Gasteiger partial charge on any atom is -0.356 e. The summed E-state index contributed by atoms with van der Waals surface area (Å²) in [6.45, 7) is 3.82. The van der Waals surface area contributed by atoms with Gasteiger partial charge in [0.1, 0.15) is 11.6 Å². The van der Waals surface area contributed by atoms with Crippen molar-refractivity contribution >= 4 is 5.82 Å². The van der Waals surface area contributed by atoms with Gasteiger partial charge in [0.2, 0.25) is 0 Å². The average molecular weight is 236 g/mol. The highest BCUT2D eigenvalue weighted by Gasteiger charge is 2.16. The van der Waals surface area contributed by atoms with Crippen LogP contribution in [0, 0.1) is 0 Å². The second-order valence-corrected chi connectivity index (χ2v) is 4.71. The molecule has 1 saturated heterocycles. The standard InChI is InChI=1S/C12H20N4O/c1-9(13)12-14-10(8-11(17)15(12)2)16-6-4-3-5-7-16/h8-9H,3-7,13H2,1-2H3. The summed E-state index contributed by atoms with van der Waals surface area (Å²) in [7, 11) is 1.72. The molecule has 1 aromatic rings. The maximum atomic E-state index is 11.8. The van der Waals surface area contributed by atoms with Gasteiger partial charge in [0, 0.05) is 26.2 Å². The monoisotopic (exact) mass is 236 g/mol. The third kappa shape index (κ3) is 2.49. The van der Waals surface area contributed by atoms with Crippen LogP contribution < -0.4 is 16.2 Å². The summed E-state index contributed by atoms with van der Waals surface area (Å²) in [5, 5.41) is 0. The summed E-state index contributed by atoms with van der Waals surface area (Å²) in [5.74, 6) is 1.43. The van der Waals surface area contributed by atoms with Crippen LogP contribution in [-0.4, -0.2) is 22.6 Å². The Labute approximate surface area is 101 Å². The van der Waals surface area contributed by atoms with Gasteiger partial charge < -0.3 is 10.6 Å². The normalized spacial score (nSPS) is 18.2. The van der Waals surface area contributed by atoms with Crippen molar-refractivity contribution in [3.63, 3.8) is 0 Å². The Bertz CT molecular complexity index is 446. The number of rotatable bonds is 2. The first-order valence-electron chi connectivity index (χ1n) is 6.18. The largest absolute Gasteiger partial charge is 0.356 e. The zero-order valence-electron chi connectivity index (χ0n) is 10.5. The number of nitrogens with two attached hydrogens (primary N) is 1. The Kier molecular flexibility index (Phi) is 3.47. The first-order valence-corrected chi connectivity index (χ1v) is 6.18. The second kappa shape index (κ2) is 4.87. The predicted octanol–water partition coefficient (Wildman–Crippen LogP) is 0.790. The van der Waals surface area contributed by atoms with E-state index >= 15 is 0 Å². The Morgan fingerprint density at radius 3 is 2.59 bits per heavy atom. The molecule has 94 valence electrons. The molecule has 0 bridgehead atoms. The van der Waals surface area contributed by atoms with Crippen molar-refractivity contribution in [3.8, 4) is 0 Å². The third-order valence-electron chi connectivity index (χ3n) is 3.24. The van der Waals surface area contributed by atoms with Crippen LogP contribution in [0.5, 0.6) is 0 Å². The van der Waals surface area contributed by atoms with Crippen molar-refractivity contribution in [2.24, 2.45) is 12.8 Å². The summed E-state index contributed by atoms with van der Waals surface area (Å²) in [5.41, 5.74) is 5.81. The predicted molar refractivity (Wildman–Crippen MR) is 68.1 cm³/mol. The Morgan fingerprint density at radius 1 is 1.35 bits per heavy atom. The molecule has 1 aliphatic rings. The zero-order valence-corrected chi connectivity index (χ0v) is 10.5. The number of nitrogens with zero attached hydrogens (tertiary/aromatic N) is 3. The maximum absolute atomic E-state index is 11.8. The van der Waals surface area contributed by atoms with Gasteiger partial charge in [-0.05, 0) is 26.2 Å². The quantitative estimate of drug-likeness (QED) is 0.824. The highest BCUT2D eigenvalue weighted by atomic mass is 16.1. The average Bonchev–Trinajstić information content (AvgIpc) is 2.33. The number of anilines is 1. The van der Waals surface area contributed by atoms with Crippen LogP contribution in [0.25, 0.3) is 0 Å². The van der Waals surface area contributed by atoms with E-state index in [2.05, 4.69) is 9.88 Å². The fraction of sp³-hybridized carbons (Fsp3) is 0.667. The van der Waals surface area contributed by atoms with Gasteiger partial charge in [0.05, 0.1) is 6.04 Å². The molecule has 0 aliphatic carbocycles. The molecule has 0 aromatic carbocycles. The van der Waals surface area contributed by atoms with Crippen LogP contribution in [0.3, 0.4) is 0 Å². The SMILES string of the molecule is CC(N)c1nc(N2CCCCC2)cc(=O)n1C. The second-order valence-electron chi connectivity index (χ2n) is 4.71. The molecule has 1 aliphatic heterocycles. The summed E-state index contributed by atoms with van der Waals surface area (Å²) in [6.07, 6.45) is 3.61. The Balaban J connectivity index is 2.37. The van der Waals surface area contributed by atoms with E-state index in [1.54, 1.807) is 13.1 Å². The molecule has 0 spiro atoms. The number of hydrogen-bond donors (Lipinski definition) is 1. The van der Waals surface area contributed by atoms with Crippen LogP contribution in [0.2, 0.25) is 0 Å². The maximum Gasteiger partial charge on any atom is 0.255 e. The van der Waals surface area contributed by atoms with Crippen molar-refractivity contribution in [3.05, 3.63) is 22.2 Å². The Morgan fingerprint density at radius 2 is 2.00 bits per heavy atom. The van der Waals surface area contributed by atoms with Gasteiger partial charge in [0.25, 0.3) is 5.56 Å². The van der Waals surface area contributed by atoms with Gasteiger partial charge in [-0.3, -0.25) is 9.36 Å². The van der Waals surface area contributed by atoms with Crippen molar-refractivity contribution < 1.29 is 0 Å². The van der Waals surface area contributed by atoms with Gasteiger partial charge in [0.15, 0.2) is 0 Å². The summed E-state index contributed by atoms with van der Waals surface area (Å²) in [6, 6.07) is 1.38. The van der Waals surface area contributed by atoms with Gasteiger partial charge in [-0.15, -0.1) is 0 Å². The van der Waals surface area contributed by atoms with Crippen LogP contribution in [0.15, 0.2) is 10.9 Å². The molecule has 2 N–H and O–H groups in total. The van der Waals surface area contributed by atoms with Crippen LogP contribution >= 0.6 is 0 Å². The fourth-order valence-electron chi connectivity index (χ4n) is 2.24. The molecule has 1 aromatic heterocycles. The van der Waals surface area contributed by atoms with Crippen molar-refractivity contribution in [2.45, 2.75) is 32.2 Å². The van der Waals surface area contributed by atoms with Gasteiger partial charge in [-0.2, -0.15) is 0 Å². The molecule has 0 radical (unpaired) electrons. The lowest BCUT2D eigenvalue weighted by Gasteiger charge is -2.28. The first kappa shape index (κ1) is 12.1. The van der Waals surface area contributed by atoms with E-state index in [0.717, 1.165) is 18.9 Å². The molecule has 1 unspecified atom stereocenters. The van der Waals surface area contributed by atoms with E-state index in [-0.39, 0.29) is 11.6 Å². The van der Waals surface area contributed by atoms with E-state index in [9.17, 15) is 4.79 Å². The first-order chi connectivity index (χ1) is 8.09. The van der Waals surface area contributed by atoms with E-state index in [1.165, 1.54) is 23.8 Å². The molecule has 5 nitrogen and oxygen atoms in total. The highest BCUT2D eigenvalue weighted by molar-refractivity contribution is 5.38. The zero-order chi connectivity index (χ0) is 12.4. The molecule has 17 heavy (non-hydrogen) atoms. The minimum atomic E-state index is -0.225. The molecule has 0 saturated carbocycles. The van der Waals surface area contributed by atoms with Gasteiger partial charge in [-0.25, -0.2) is 4.98 Å². The number of aromatic nitrogens is 2. The molecule has 2 rings (SSSR count). The molecule has 2 heterocycles. The molecule has 5 heteroatoms. The van der Waals surface area contributed by atoms with Crippen LogP contribution in [-0.2, 0) is 7.05 Å².